The Balaban J connectivity index is 1.54. The van der Waals surface area contributed by atoms with E-state index in [0.717, 1.165) is 18.4 Å². The van der Waals surface area contributed by atoms with E-state index in [1.807, 2.05) is 24.4 Å². The molecule has 3 rings (SSSR count). The van der Waals surface area contributed by atoms with Crippen molar-refractivity contribution in [3.05, 3.63) is 53.9 Å². The number of benzene rings is 1. The third-order valence-electron chi connectivity index (χ3n) is 4.26. The Morgan fingerprint density at radius 1 is 1.20 bits per heavy atom. The first-order valence-corrected chi connectivity index (χ1v) is 8.61. The van der Waals surface area contributed by atoms with Crippen LogP contribution in [0.4, 0.5) is 5.82 Å². The van der Waals surface area contributed by atoms with Gasteiger partial charge >= 0.3 is 0 Å². The molecule has 0 saturated heterocycles. The van der Waals surface area contributed by atoms with Crippen molar-refractivity contribution in [2.24, 2.45) is 0 Å². The Labute approximate surface area is 147 Å². The van der Waals surface area contributed by atoms with Crippen molar-refractivity contribution in [3.63, 3.8) is 0 Å². The quantitative estimate of drug-likeness (QED) is 0.618. The van der Waals surface area contributed by atoms with Crippen LogP contribution >= 0.6 is 0 Å². The molecule has 0 aliphatic carbocycles. The molecule has 1 amide bonds. The van der Waals surface area contributed by atoms with Crippen molar-refractivity contribution in [2.75, 3.05) is 11.9 Å². The average Bonchev–Trinajstić information content (AvgIpc) is 3.05. The second-order valence-corrected chi connectivity index (χ2v) is 6.12. The van der Waals surface area contributed by atoms with Crippen LogP contribution in [0.5, 0.6) is 0 Å². The third-order valence-corrected chi connectivity index (χ3v) is 4.26. The van der Waals surface area contributed by atoms with Crippen LogP contribution in [0.1, 0.15) is 36.3 Å². The Morgan fingerprint density at radius 2 is 2.04 bits per heavy atom. The Hall–Kier alpha value is -2.89. The standard InChI is InChI=1S/C19H23N5O/c1-3-13(2)22-18-9-8-17(23-24-18)19(25)20-11-10-14-12-21-16-7-5-4-6-15(14)16/h4-9,12-13,21H,3,10-11H2,1-2H3,(H,20,25)(H,22,24). The van der Waals surface area contributed by atoms with E-state index in [2.05, 4.69) is 45.7 Å². The van der Waals surface area contributed by atoms with Gasteiger partial charge in [-0.25, -0.2) is 0 Å². The number of carbonyl (C=O) groups excluding carboxylic acids is 1. The average molecular weight is 337 g/mol. The minimum atomic E-state index is -0.206. The molecule has 1 atom stereocenters. The minimum Gasteiger partial charge on any atom is -0.366 e. The van der Waals surface area contributed by atoms with Crippen molar-refractivity contribution in [3.8, 4) is 0 Å². The molecule has 2 aromatic heterocycles. The molecule has 0 fully saturated rings. The van der Waals surface area contributed by atoms with Gasteiger partial charge in [0.25, 0.3) is 5.91 Å². The summed E-state index contributed by atoms with van der Waals surface area (Å²) in [4.78, 5) is 15.4. The molecule has 130 valence electrons. The number of hydrogen-bond acceptors (Lipinski definition) is 4. The molecule has 25 heavy (non-hydrogen) atoms. The molecule has 0 radical (unpaired) electrons. The van der Waals surface area contributed by atoms with Crippen LogP contribution in [-0.4, -0.2) is 33.7 Å². The van der Waals surface area contributed by atoms with Crippen LogP contribution < -0.4 is 10.6 Å². The highest BCUT2D eigenvalue weighted by molar-refractivity contribution is 5.92. The lowest BCUT2D eigenvalue weighted by atomic mass is 10.1. The van der Waals surface area contributed by atoms with Gasteiger partial charge in [0.15, 0.2) is 5.69 Å². The van der Waals surface area contributed by atoms with E-state index in [-0.39, 0.29) is 5.91 Å². The molecule has 3 N–H and O–H groups in total. The lowest BCUT2D eigenvalue weighted by Gasteiger charge is -2.11. The van der Waals surface area contributed by atoms with Crippen molar-refractivity contribution < 1.29 is 4.79 Å². The van der Waals surface area contributed by atoms with E-state index in [1.165, 1.54) is 10.9 Å². The number of carbonyl (C=O) groups is 1. The van der Waals surface area contributed by atoms with Crippen molar-refractivity contribution in [1.29, 1.82) is 0 Å². The van der Waals surface area contributed by atoms with Crippen LogP contribution in [0.3, 0.4) is 0 Å². The summed E-state index contributed by atoms with van der Waals surface area (Å²) >= 11 is 0. The zero-order chi connectivity index (χ0) is 17.6. The lowest BCUT2D eigenvalue weighted by Crippen LogP contribution is -2.27. The van der Waals surface area contributed by atoms with E-state index in [4.69, 9.17) is 0 Å². The fourth-order valence-electron chi connectivity index (χ4n) is 2.62. The van der Waals surface area contributed by atoms with Gasteiger partial charge < -0.3 is 15.6 Å². The van der Waals surface area contributed by atoms with Gasteiger partial charge in [-0.15, -0.1) is 10.2 Å². The smallest absolute Gasteiger partial charge is 0.271 e. The zero-order valence-corrected chi connectivity index (χ0v) is 14.5. The monoisotopic (exact) mass is 337 g/mol. The van der Waals surface area contributed by atoms with Crippen LogP contribution in [0.25, 0.3) is 10.9 Å². The highest BCUT2D eigenvalue weighted by Crippen LogP contribution is 2.17. The topological polar surface area (TPSA) is 82.7 Å². The van der Waals surface area contributed by atoms with E-state index in [9.17, 15) is 4.79 Å². The molecule has 6 nitrogen and oxygen atoms in total. The highest BCUT2D eigenvalue weighted by atomic mass is 16.1. The van der Waals surface area contributed by atoms with Crippen LogP contribution in [0.15, 0.2) is 42.6 Å². The van der Waals surface area contributed by atoms with Gasteiger partial charge in [-0.2, -0.15) is 0 Å². The Morgan fingerprint density at radius 3 is 2.80 bits per heavy atom. The van der Waals surface area contributed by atoms with Gasteiger partial charge in [0.05, 0.1) is 0 Å². The van der Waals surface area contributed by atoms with Gasteiger partial charge in [-0.05, 0) is 43.5 Å². The highest BCUT2D eigenvalue weighted by Gasteiger charge is 2.09. The summed E-state index contributed by atoms with van der Waals surface area (Å²) in [5, 5.41) is 15.4. The summed E-state index contributed by atoms with van der Waals surface area (Å²) in [7, 11) is 0. The zero-order valence-electron chi connectivity index (χ0n) is 14.5. The second kappa shape index (κ2) is 7.79. The Kier molecular flexibility index (Phi) is 5.28. The van der Waals surface area contributed by atoms with E-state index in [1.54, 1.807) is 12.1 Å². The van der Waals surface area contributed by atoms with Gasteiger partial charge in [0, 0.05) is 29.7 Å². The molecule has 6 heteroatoms. The predicted octanol–water partition coefficient (Wildman–Crippen LogP) is 3.14. The number of aromatic nitrogens is 3. The normalized spacial score (nSPS) is 12.1. The molecule has 3 aromatic rings. The van der Waals surface area contributed by atoms with Crippen LogP contribution in [0.2, 0.25) is 0 Å². The molecule has 0 aliphatic heterocycles. The lowest BCUT2D eigenvalue weighted by molar-refractivity contribution is 0.0948. The number of nitrogens with one attached hydrogen (secondary N) is 3. The van der Waals surface area contributed by atoms with Gasteiger partial charge in [-0.3, -0.25) is 4.79 Å². The maximum atomic E-state index is 12.2. The minimum absolute atomic E-state index is 0.206. The molecule has 0 saturated carbocycles. The van der Waals surface area contributed by atoms with Crippen molar-refractivity contribution >= 4 is 22.6 Å². The molecule has 1 unspecified atom stereocenters. The van der Waals surface area contributed by atoms with Crippen molar-refractivity contribution in [1.82, 2.24) is 20.5 Å². The van der Waals surface area contributed by atoms with Gasteiger partial charge in [0.1, 0.15) is 5.82 Å². The second-order valence-electron chi connectivity index (χ2n) is 6.12. The number of nitrogens with zero attached hydrogens (tertiary/aromatic N) is 2. The van der Waals surface area contributed by atoms with Crippen LogP contribution in [-0.2, 0) is 6.42 Å². The first kappa shape index (κ1) is 17.0. The number of hydrogen-bond donors (Lipinski definition) is 3. The first-order valence-electron chi connectivity index (χ1n) is 8.61. The molecule has 1 aromatic carbocycles. The molecule has 0 spiro atoms. The Bertz CT molecular complexity index is 840. The summed E-state index contributed by atoms with van der Waals surface area (Å²) in [5.41, 5.74) is 2.63. The number of para-hydroxylation sites is 1. The number of aromatic amines is 1. The fourth-order valence-corrected chi connectivity index (χ4v) is 2.62. The summed E-state index contributed by atoms with van der Waals surface area (Å²) in [6.07, 6.45) is 3.75. The SMILES string of the molecule is CCC(C)Nc1ccc(C(=O)NCCc2c[nH]c3ccccc23)nn1. The number of amides is 1. The third kappa shape index (κ3) is 4.15. The molecule has 0 aliphatic rings. The maximum absolute atomic E-state index is 12.2. The number of rotatable bonds is 7. The van der Waals surface area contributed by atoms with E-state index in [0.29, 0.717) is 24.1 Å². The summed E-state index contributed by atoms with van der Waals surface area (Å²) < 4.78 is 0. The maximum Gasteiger partial charge on any atom is 0.271 e. The van der Waals surface area contributed by atoms with E-state index < -0.39 is 0 Å². The molecule has 2 heterocycles. The first-order chi connectivity index (χ1) is 12.2. The fraction of sp³-hybridized carbons (Fsp3) is 0.316. The largest absolute Gasteiger partial charge is 0.366 e. The molecule has 0 bridgehead atoms. The number of anilines is 1. The summed E-state index contributed by atoms with van der Waals surface area (Å²) in [6.45, 7) is 4.73. The van der Waals surface area contributed by atoms with E-state index >= 15 is 0 Å². The van der Waals surface area contributed by atoms with Crippen LogP contribution in [0, 0.1) is 0 Å². The summed E-state index contributed by atoms with van der Waals surface area (Å²) in [5.74, 6) is 0.479. The summed E-state index contributed by atoms with van der Waals surface area (Å²) in [6, 6.07) is 11.9. The molecular formula is C19H23N5O. The number of fused-ring (bicyclic) bond motifs is 1. The molecular weight excluding hydrogens is 314 g/mol. The number of H-pyrrole nitrogens is 1. The van der Waals surface area contributed by atoms with Crippen molar-refractivity contribution in [2.45, 2.75) is 32.7 Å². The van der Waals surface area contributed by atoms with Gasteiger partial charge in [0.2, 0.25) is 0 Å². The van der Waals surface area contributed by atoms with Gasteiger partial charge in [-0.1, -0.05) is 25.1 Å². The predicted molar refractivity (Wildman–Crippen MR) is 99.7 cm³/mol.